The van der Waals surface area contributed by atoms with Crippen LogP contribution in [-0.4, -0.2) is 41.7 Å². The Morgan fingerprint density at radius 2 is 2.11 bits per heavy atom. The molecule has 1 aromatic heterocycles. The summed E-state index contributed by atoms with van der Waals surface area (Å²) in [6.07, 6.45) is 0.656. The molecule has 1 heterocycles. The van der Waals surface area contributed by atoms with Gasteiger partial charge >= 0.3 is 5.97 Å². The van der Waals surface area contributed by atoms with E-state index in [9.17, 15) is 13.2 Å². The number of rotatable bonds is 6. The number of ether oxygens (including phenoxy) is 1. The quantitative estimate of drug-likeness (QED) is 0.732. The van der Waals surface area contributed by atoms with Crippen LogP contribution < -0.4 is 5.73 Å². The molecule has 1 rings (SSSR count). The molecule has 0 unspecified atom stereocenters. The Morgan fingerprint density at radius 3 is 2.63 bits per heavy atom. The SMILES string of the molecule is COC(=O)CCCn1nnc(S(=O)(=O)C(C)C)c1N. The Morgan fingerprint density at radius 1 is 1.47 bits per heavy atom. The summed E-state index contributed by atoms with van der Waals surface area (Å²) < 4.78 is 29.6. The molecule has 0 aliphatic carbocycles. The van der Waals surface area contributed by atoms with Gasteiger partial charge in [-0.25, -0.2) is 13.1 Å². The minimum Gasteiger partial charge on any atom is -0.469 e. The maximum absolute atomic E-state index is 11.9. The van der Waals surface area contributed by atoms with E-state index in [4.69, 9.17) is 5.73 Å². The molecule has 0 atom stereocenters. The number of anilines is 1. The van der Waals surface area contributed by atoms with E-state index in [0.717, 1.165) is 0 Å². The Hall–Kier alpha value is -1.64. The van der Waals surface area contributed by atoms with Gasteiger partial charge in [-0.3, -0.25) is 4.79 Å². The lowest BCUT2D eigenvalue weighted by molar-refractivity contribution is -0.140. The molecule has 0 fully saturated rings. The van der Waals surface area contributed by atoms with Crippen LogP contribution in [0.1, 0.15) is 26.7 Å². The lowest BCUT2D eigenvalue weighted by Crippen LogP contribution is -2.16. The largest absolute Gasteiger partial charge is 0.469 e. The molecule has 0 amide bonds. The van der Waals surface area contributed by atoms with E-state index in [1.54, 1.807) is 13.8 Å². The number of carbonyl (C=O) groups is 1. The summed E-state index contributed by atoms with van der Waals surface area (Å²) in [5.41, 5.74) is 5.72. The van der Waals surface area contributed by atoms with Crippen LogP contribution in [0.25, 0.3) is 0 Å². The summed E-state index contributed by atoms with van der Waals surface area (Å²) in [5.74, 6) is -0.340. The minimum absolute atomic E-state index is 0.00133. The van der Waals surface area contributed by atoms with E-state index < -0.39 is 15.1 Å². The molecule has 108 valence electrons. The Labute approximate surface area is 111 Å². The van der Waals surface area contributed by atoms with Crippen molar-refractivity contribution in [3.05, 3.63) is 0 Å². The van der Waals surface area contributed by atoms with Crippen LogP contribution in [0.4, 0.5) is 5.82 Å². The van der Waals surface area contributed by atoms with E-state index in [-0.39, 0.29) is 23.2 Å². The summed E-state index contributed by atoms with van der Waals surface area (Å²) in [7, 11) is -2.24. The third-order valence-corrected chi connectivity index (χ3v) is 4.68. The first-order chi connectivity index (χ1) is 8.80. The molecule has 0 aliphatic heterocycles. The number of hydrogen-bond acceptors (Lipinski definition) is 7. The number of nitrogen functional groups attached to an aromatic ring is 1. The van der Waals surface area contributed by atoms with Crippen LogP contribution in [-0.2, 0) is 25.9 Å². The van der Waals surface area contributed by atoms with Gasteiger partial charge in [-0.2, -0.15) is 0 Å². The number of esters is 1. The average molecular weight is 290 g/mol. The van der Waals surface area contributed by atoms with Gasteiger partial charge in [-0.1, -0.05) is 5.21 Å². The summed E-state index contributed by atoms with van der Waals surface area (Å²) >= 11 is 0. The number of methoxy groups -OCH3 is 1. The summed E-state index contributed by atoms with van der Waals surface area (Å²) in [5, 5.41) is 6.48. The van der Waals surface area contributed by atoms with Gasteiger partial charge in [0.05, 0.1) is 12.4 Å². The predicted molar refractivity (Wildman–Crippen MR) is 68.0 cm³/mol. The van der Waals surface area contributed by atoms with E-state index in [2.05, 4.69) is 15.0 Å². The molecule has 0 aliphatic rings. The first-order valence-electron chi connectivity index (χ1n) is 5.80. The number of nitrogens with zero attached hydrogens (tertiary/aromatic N) is 3. The van der Waals surface area contributed by atoms with Gasteiger partial charge in [0.15, 0.2) is 5.82 Å². The van der Waals surface area contributed by atoms with Gasteiger partial charge < -0.3 is 10.5 Å². The highest BCUT2D eigenvalue weighted by atomic mass is 32.2. The van der Waals surface area contributed by atoms with E-state index >= 15 is 0 Å². The topological polar surface area (TPSA) is 117 Å². The molecular weight excluding hydrogens is 272 g/mol. The summed E-state index contributed by atoms with van der Waals surface area (Å²) in [4.78, 5) is 10.9. The average Bonchev–Trinajstić information content (AvgIpc) is 2.71. The second-order valence-corrected chi connectivity index (χ2v) is 6.70. The number of hydrogen-bond donors (Lipinski definition) is 1. The fourth-order valence-electron chi connectivity index (χ4n) is 1.37. The van der Waals surface area contributed by atoms with E-state index in [1.165, 1.54) is 11.8 Å². The zero-order chi connectivity index (χ0) is 14.6. The molecule has 19 heavy (non-hydrogen) atoms. The summed E-state index contributed by atoms with van der Waals surface area (Å²) in [6.45, 7) is 3.40. The monoisotopic (exact) mass is 290 g/mol. The van der Waals surface area contributed by atoms with E-state index in [0.29, 0.717) is 13.0 Å². The van der Waals surface area contributed by atoms with Gasteiger partial charge in [0.1, 0.15) is 0 Å². The molecule has 9 heteroatoms. The van der Waals surface area contributed by atoms with Crippen LogP contribution in [0, 0.1) is 0 Å². The molecule has 1 aromatic rings. The molecule has 0 saturated carbocycles. The normalized spacial score (nSPS) is 11.8. The van der Waals surface area contributed by atoms with Crippen molar-refractivity contribution in [3.63, 3.8) is 0 Å². The zero-order valence-electron chi connectivity index (χ0n) is 11.2. The van der Waals surface area contributed by atoms with Gasteiger partial charge in [0.2, 0.25) is 14.9 Å². The Kier molecular flexibility index (Phi) is 4.87. The summed E-state index contributed by atoms with van der Waals surface area (Å²) in [6, 6.07) is 0. The van der Waals surface area contributed by atoms with Gasteiger partial charge in [0, 0.05) is 13.0 Å². The molecule has 0 bridgehead atoms. The molecule has 2 N–H and O–H groups in total. The van der Waals surface area contributed by atoms with Crippen LogP contribution in [0.15, 0.2) is 5.03 Å². The van der Waals surface area contributed by atoms with Crippen molar-refractivity contribution in [1.82, 2.24) is 15.0 Å². The fraction of sp³-hybridized carbons (Fsp3) is 0.700. The molecule has 0 radical (unpaired) electrons. The van der Waals surface area contributed by atoms with Crippen molar-refractivity contribution >= 4 is 21.6 Å². The number of aromatic nitrogens is 3. The van der Waals surface area contributed by atoms with Crippen molar-refractivity contribution in [3.8, 4) is 0 Å². The number of sulfone groups is 1. The van der Waals surface area contributed by atoms with Crippen LogP contribution in [0.5, 0.6) is 0 Å². The van der Waals surface area contributed by atoms with Crippen molar-refractivity contribution in [1.29, 1.82) is 0 Å². The highest BCUT2D eigenvalue weighted by Crippen LogP contribution is 2.19. The zero-order valence-corrected chi connectivity index (χ0v) is 12.0. The van der Waals surface area contributed by atoms with Crippen molar-refractivity contribution in [2.24, 2.45) is 0 Å². The van der Waals surface area contributed by atoms with Crippen molar-refractivity contribution in [2.45, 2.75) is 43.5 Å². The number of aryl methyl sites for hydroxylation is 1. The van der Waals surface area contributed by atoms with Gasteiger partial charge in [-0.15, -0.1) is 5.10 Å². The minimum atomic E-state index is -3.54. The third kappa shape index (κ3) is 3.43. The second-order valence-electron chi connectivity index (χ2n) is 4.28. The first-order valence-corrected chi connectivity index (χ1v) is 7.35. The molecular formula is C10H18N4O4S. The van der Waals surface area contributed by atoms with Crippen LogP contribution >= 0.6 is 0 Å². The lowest BCUT2D eigenvalue weighted by atomic mass is 10.3. The molecule has 0 saturated heterocycles. The molecule has 8 nitrogen and oxygen atoms in total. The Balaban J connectivity index is 2.80. The Bertz CT molecular complexity index is 550. The van der Waals surface area contributed by atoms with Crippen LogP contribution in [0.2, 0.25) is 0 Å². The third-order valence-electron chi connectivity index (χ3n) is 2.61. The highest BCUT2D eigenvalue weighted by Gasteiger charge is 2.27. The fourth-order valence-corrected chi connectivity index (χ4v) is 2.36. The number of nitrogens with two attached hydrogens (primary N) is 1. The van der Waals surface area contributed by atoms with Gasteiger partial charge in [0.25, 0.3) is 0 Å². The van der Waals surface area contributed by atoms with E-state index in [1.807, 2.05) is 0 Å². The van der Waals surface area contributed by atoms with Crippen molar-refractivity contribution in [2.75, 3.05) is 12.8 Å². The smallest absolute Gasteiger partial charge is 0.305 e. The highest BCUT2D eigenvalue weighted by molar-refractivity contribution is 7.92. The maximum Gasteiger partial charge on any atom is 0.305 e. The predicted octanol–water partition coefficient (Wildman–Crippen LogP) is -0.00440. The maximum atomic E-state index is 11.9. The first kappa shape index (κ1) is 15.4. The lowest BCUT2D eigenvalue weighted by Gasteiger charge is -2.06. The molecule has 0 aromatic carbocycles. The standard InChI is InChI=1S/C10H18N4O4S/c1-7(2)19(16,17)10-9(11)14(13-12-10)6-4-5-8(15)18-3/h7H,4-6,11H2,1-3H3. The number of carbonyl (C=O) groups excluding carboxylic acids is 1. The van der Waals surface area contributed by atoms with Crippen molar-refractivity contribution < 1.29 is 17.9 Å². The van der Waals surface area contributed by atoms with Crippen LogP contribution in [0.3, 0.4) is 0 Å². The second kappa shape index (κ2) is 6.00. The molecule has 0 spiro atoms. The van der Waals surface area contributed by atoms with Gasteiger partial charge in [-0.05, 0) is 20.3 Å².